The zero-order valence-corrected chi connectivity index (χ0v) is 12.0. The summed E-state index contributed by atoms with van der Waals surface area (Å²) in [5, 5.41) is 7.65. The fourth-order valence-corrected chi connectivity index (χ4v) is 2.12. The standard InChI is InChI=1S/C11H22N4O2S/c1-4-10-8-11(15(5-2)14-10)9-12-6-7-13-18(3,16)17/h8,12-13H,4-7,9H2,1-3H3. The third-order valence-electron chi connectivity index (χ3n) is 2.55. The summed E-state index contributed by atoms with van der Waals surface area (Å²) in [5.74, 6) is 0. The van der Waals surface area contributed by atoms with Gasteiger partial charge in [-0.25, -0.2) is 13.1 Å². The molecule has 0 aliphatic rings. The molecule has 2 N–H and O–H groups in total. The lowest BCUT2D eigenvalue weighted by Gasteiger charge is -2.06. The Kier molecular flexibility index (Phi) is 5.77. The number of nitrogens with one attached hydrogen (secondary N) is 2. The number of hydrogen-bond donors (Lipinski definition) is 2. The molecule has 0 saturated carbocycles. The topological polar surface area (TPSA) is 76.0 Å². The maximum atomic E-state index is 10.9. The molecular formula is C11H22N4O2S. The van der Waals surface area contributed by atoms with Crippen molar-refractivity contribution in [2.24, 2.45) is 0 Å². The first-order valence-corrected chi connectivity index (χ1v) is 8.06. The monoisotopic (exact) mass is 274 g/mol. The quantitative estimate of drug-likeness (QED) is 0.660. The molecule has 0 fully saturated rings. The Morgan fingerprint density at radius 2 is 2.06 bits per heavy atom. The molecule has 104 valence electrons. The van der Waals surface area contributed by atoms with Crippen molar-refractivity contribution in [3.63, 3.8) is 0 Å². The number of nitrogens with zero attached hydrogens (tertiary/aromatic N) is 2. The Bertz CT molecular complexity index is 467. The first-order chi connectivity index (χ1) is 8.46. The highest BCUT2D eigenvalue weighted by molar-refractivity contribution is 7.88. The summed E-state index contributed by atoms with van der Waals surface area (Å²) in [6.07, 6.45) is 2.09. The van der Waals surface area contributed by atoms with Crippen LogP contribution in [-0.4, -0.2) is 37.5 Å². The molecule has 7 heteroatoms. The first kappa shape index (κ1) is 15.1. The molecule has 0 spiro atoms. The van der Waals surface area contributed by atoms with E-state index in [-0.39, 0.29) is 0 Å². The van der Waals surface area contributed by atoms with Crippen LogP contribution in [0.5, 0.6) is 0 Å². The molecule has 0 saturated heterocycles. The van der Waals surface area contributed by atoms with Crippen molar-refractivity contribution in [1.29, 1.82) is 0 Å². The van der Waals surface area contributed by atoms with Crippen molar-refractivity contribution in [2.45, 2.75) is 33.4 Å². The van der Waals surface area contributed by atoms with Gasteiger partial charge in [0.15, 0.2) is 0 Å². The van der Waals surface area contributed by atoms with E-state index in [4.69, 9.17) is 0 Å². The second-order valence-corrected chi connectivity index (χ2v) is 5.97. The molecule has 1 aromatic heterocycles. The maximum Gasteiger partial charge on any atom is 0.208 e. The van der Waals surface area contributed by atoms with Gasteiger partial charge in [0, 0.05) is 26.2 Å². The van der Waals surface area contributed by atoms with Gasteiger partial charge in [-0.15, -0.1) is 0 Å². The normalized spacial score (nSPS) is 11.9. The first-order valence-electron chi connectivity index (χ1n) is 6.17. The molecular weight excluding hydrogens is 252 g/mol. The lowest BCUT2D eigenvalue weighted by molar-refractivity contribution is 0.566. The van der Waals surface area contributed by atoms with E-state index < -0.39 is 10.0 Å². The van der Waals surface area contributed by atoms with Crippen LogP contribution < -0.4 is 10.0 Å². The van der Waals surface area contributed by atoms with Crippen LogP contribution in [0, 0.1) is 0 Å². The molecule has 0 aromatic carbocycles. The second kappa shape index (κ2) is 6.86. The highest BCUT2D eigenvalue weighted by Crippen LogP contribution is 2.04. The molecule has 1 rings (SSSR count). The van der Waals surface area contributed by atoms with E-state index in [2.05, 4.69) is 35.1 Å². The Labute approximate surface area is 109 Å². The van der Waals surface area contributed by atoms with Crippen molar-refractivity contribution in [2.75, 3.05) is 19.3 Å². The summed E-state index contributed by atoms with van der Waals surface area (Å²) in [7, 11) is -3.09. The molecule has 0 unspecified atom stereocenters. The zero-order chi connectivity index (χ0) is 13.6. The van der Waals surface area contributed by atoms with Gasteiger partial charge in [0.2, 0.25) is 10.0 Å². The van der Waals surface area contributed by atoms with Crippen LogP contribution in [0.15, 0.2) is 6.07 Å². The van der Waals surface area contributed by atoms with Crippen molar-refractivity contribution in [3.05, 3.63) is 17.5 Å². The summed E-state index contributed by atoms with van der Waals surface area (Å²) >= 11 is 0. The van der Waals surface area contributed by atoms with Crippen LogP contribution in [0.25, 0.3) is 0 Å². The smallest absolute Gasteiger partial charge is 0.208 e. The van der Waals surface area contributed by atoms with Gasteiger partial charge in [-0.1, -0.05) is 6.92 Å². The van der Waals surface area contributed by atoms with E-state index in [1.54, 1.807) is 0 Å². The van der Waals surface area contributed by atoms with Crippen LogP contribution in [-0.2, 0) is 29.5 Å². The number of rotatable bonds is 8. The van der Waals surface area contributed by atoms with Gasteiger partial charge in [-0.3, -0.25) is 4.68 Å². The largest absolute Gasteiger partial charge is 0.310 e. The van der Waals surface area contributed by atoms with E-state index >= 15 is 0 Å². The Hall–Kier alpha value is -0.920. The molecule has 0 aliphatic carbocycles. The second-order valence-electron chi connectivity index (χ2n) is 4.14. The lowest BCUT2D eigenvalue weighted by Crippen LogP contribution is -2.31. The molecule has 0 bridgehead atoms. The summed E-state index contributed by atoms with van der Waals surface area (Å²) < 4.78 is 26.1. The summed E-state index contributed by atoms with van der Waals surface area (Å²) in [5.41, 5.74) is 2.22. The van der Waals surface area contributed by atoms with Gasteiger partial charge in [0.25, 0.3) is 0 Å². The molecule has 0 amide bonds. The average Bonchev–Trinajstić information content (AvgIpc) is 2.69. The third-order valence-corrected chi connectivity index (χ3v) is 3.28. The predicted molar refractivity (Wildman–Crippen MR) is 71.8 cm³/mol. The predicted octanol–water partition coefficient (Wildman–Crippen LogP) is 0.104. The minimum absolute atomic E-state index is 0.403. The fraction of sp³-hybridized carbons (Fsp3) is 0.727. The highest BCUT2D eigenvalue weighted by atomic mass is 32.2. The van der Waals surface area contributed by atoms with Gasteiger partial charge in [0.1, 0.15) is 0 Å². The lowest BCUT2D eigenvalue weighted by atomic mass is 10.3. The van der Waals surface area contributed by atoms with E-state index in [1.807, 2.05) is 4.68 Å². The number of aryl methyl sites for hydroxylation is 2. The molecule has 18 heavy (non-hydrogen) atoms. The van der Waals surface area contributed by atoms with Crippen LogP contribution >= 0.6 is 0 Å². The molecule has 0 aliphatic heterocycles. The van der Waals surface area contributed by atoms with E-state index in [0.29, 0.717) is 19.6 Å². The van der Waals surface area contributed by atoms with Gasteiger partial charge >= 0.3 is 0 Å². The zero-order valence-electron chi connectivity index (χ0n) is 11.2. The number of sulfonamides is 1. The minimum atomic E-state index is -3.09. The van der Waals surface area contributed by atoms with Crippen molar-refractivity contribution in [1.82, 2.24) is 19.8 Å². The number of aromatic nitrogens is 2. The molecule has 0 atom stereocenters. The fourth-order valence-electron chi connectivity index (χ4n) is 1.65. The van der Waals surface area contributed by atoms with Crippen molar-refractivity contribution < 1.29 is 8.42 Å². The Morgan fingerprint density at radius 1 is 1.33 bits per heavy atom. The van der Waals surface area contributed by atoms with E-state index in [1.165, 1.54) is 0 Å². The van der Waals surface area contributed by atoms with Crippen LogP contribution in [0.2, 0.25) is 0 Å². The Balaban J connectivity index is 2.37. The van der Waals surface area contributed by atoms with Crippen LogP contribution in [0.1, 0.15) is 25.2 Å². The average molecular weight is 274 g/mol. The van der Waals surface area contributed by atoms with Gasteiger partial charge in [-0.05, 0) is 19.4 Å². The van der Waals surface area contributed by atoms with E-state index in [0.717, 1.165) is 30.6 Å². The van der Waals surface area contributed by atoms with Gasteiger partial charge in [0.05, 0.1) is 17.6 Å². The summed E-state index contributed by atoms with van der Waals surface area (Å²) in [4.78, 5) is 0. The SMILES string of the molecule is CCc1cc(CNCCNS(C)(=O)=O)n(CC)n1. The molecule has 1 heterocycles. The minimum Gasteiger partial charge on any atom is -0.310 e. The van der Waals surface area contributed by atoms with E-state index in [9.17, 15) is 8.42 Å². The maximum absolute atomic E-state index is 10.9. The van der Waals surface area contributed by atoms with Crippen molar-refractivity contribution in [3.8, 4) is 0 Å². The molecule has 1 aromatic rings. The summed E-state index contributed by atoms with van der Waals surface area (Å²) in [6.45, 7) is 6.69. The van der Waals surface area contributed by atoms with Gasteiger partial charge < -0.3 is 5.32 Å². The van der Waals surface area contributed by atoms with Crippen molar-refractivity contribution >= 4 is 10.0 Å². The van der Waals surface area contributed by atoms with Crippen LogP contribution in [0.3, 0.4) is 0 Å². The Morgan fingerprint density at radius 3 is 2.61 bits per heavy atom. The molecule has 0 radical (unpaired) electrons. The molecule has 6 nitrogen and oxygen atoms in total. The van der Waals surface area contributed by atoms with Gasteiger partial charge in [-0.2, -0.15) is 5.10 Å². The number of hydrogen-bond acceptors (Lipinski definition) is 4. The third kappa shape index (κ3) is 5.16. The summed E-state index contributed by atoms with van der Waals surface area (Å²) in [6, 6.07) is 2.08. The van der Waals surface area contributed by atoms with Crippen LogP contribution in [0.4, 0.5) is 0 Å². The highest BCUT2D eigenvalue weighted by Gasteiger charge is 2.05.